The molecule has 1 N–H and O–H groups in total. The molecule has 1 unspecified atom stereocenters. The third-order valence-corrected chi connectivity index (χ3v) is 7.92. The van der Waals surface area contributed by atoms with E-state index in [9.17, 15) is 14.4 Å². The first-order valence-corrected chi connectivity index (χ1v) is 13.7. The zero-order valence-electron chi connectivity index (χ0n) is 21.2. The minimum atomic E-state index is -0.636. The van der Waals surface area contributed by atoms with Gasteiger partial charge in [0.1, 0.15) is 12.3 Å². The van der Waals surface area contributed by atoms with Crippen molar-refractivity contribution >= 4 is 47.0 Å². The normalized spacial score (nSPS) is 16.6. The van der Waals surface area contributed by atoms with E-state index >= 15 is 0 Å². The van der Waals surface area contributed by atoms with Gasteiger partial charge >= 0.3 is 0 Å². The molecular weight excluding hydrogens is 511 g/mol. The van der Waals surface area contributed by atoms with Gasteiger partial charge in [-0.05, 0) is 67.6 Å². The quantitative estimate of drug-likeness (QED) is 0.339. The van der Waals surface area contributed by atoms with Crippen LogP contribution in [0.4, 0.5) is 5.69 Å². The van der Waals surface area contributed by atoms with Crippen LogP contribution in [0.3, 0.4) is 0 Å². The van der Waals surface area contributed by atoms with E-state index in [1.807, 2.05) is 30.3 Å². The number of aryl methyl sites for hydroxylation is 1. The Balaban J connectivity index is 1.28. The summed E-state index contributed by atoms with van der Waals surface area (Å²) in [6.45, 7) is 5.24. The Morgan fingerprint density at radius 3 is 2.62 bits per heavy atom. The van der Waals surface area contributed by atoms with E-state index in [4.69, 9.17) is 23.2 Å². The average molecular weight is 546 g/mol. The van der Waals surface area contributed by atoms with Gasteiger partial charge in [0.2, 0.25) is 5.91 Å². The number of benzene rings is 2. The molecule has 4 rings (SSSR count). The number of amides is 2. The SMILES string of the molecule is CNC(=O)C(CCC=O)N1Cc2c(CCCCN3CCN(c4cc(Cl)ccc4Cl)CC3)cccc2C1=O. The predicted octanol–water partition coefficient (Wildman–Crippen LogP) is 4.19. The molecule has 1 saturated heterocycles. The summed E-state index contributed by atoms with van der Waals surface area (Å²) in [5.41, 5.74) is 3.85. The molecule has 2 amide bonds. The predicted molar refractivity (Wildman–Crippen MR) is 148 cm³/mol. The Kier molecular flexibility index (Phi) is 9.46. The Morgan fingerprint density at radius 2 is 1.89 bits per heavy atom. The highest BCUT2D eigenvalue weighted by atomic mass is 35.5. The van der Waals surface area contributed by atoms with Crippen molar-refractivity contribution in [2.75, 3.05) is 44.7 Å². The van der Waals surface area contributed by atoms with Crippen molar-refractivity contribution in [3.05, 3.63) is 63.1 Å². The van der Waals surface area contributed by atoms with Gasteiger partial charge in [-0.15, -0.1) is 0 Å². The molecule has 0 saturated carbocycles. The van der Waals surface area contributed by atoms with Crippen LogP contribution in [0.1, 0.15) is 47.2 Å². The molecule has 2 heterocycles. The lowest BCUT2D eigenvalue weighted by Crippen LogP contribution is -2.46. The molecule has 2 aromatic rings. The highest BCUT2D eigenvalue weighted by molar-refractivity contribution is 6.35. The van der Waals surface area contributed by atoms with E-state index in [1.165, 1.54) is 5.56 Å². The summed E-state index contributed by atoms with van der Waals surface area (Å²) in [7, 11) is 1.56. The molecule has 0 aromatic heterocycles. The smallest absolute Gasteiger partial charge is 0.255 e. The van der Waals surface area contributed by atoms with Crippen LogP contribution in [0.15, 0.2) is 36.4 Å². The second kappa shape index (κ2) is 12.8. The van der Waals surface area contributed by atoms with E-state index in [2.05, 4.69) is 21.2 Å². The van der Waals surface area contributed by atoms with Gasteiger partial charge in [-0.25, -0.2) is 0 Å². The molecule has 0 spiro atoms. The number of carbonyl (C=O) groups is 3. The molecule has 1 atom stereocenters. The maximum absolute atomic E-state index is 13.1. The first kappa shape index (κ1) is 27.4. The Hall–Kier alpha value is -2.61. The van der Waals surface area contributed by atoms with Crippen LogP contribution in [-0.4, -0.2) is 73.7 Å². The fraction of sp³-hybridized carbons (Fsp3) is 0.464. The number of hydrogen-bond donors (Lipinski definition) is 1. The van der Waals surface area contributed by atoms with E-state index in [0.29, 0.717) is 23.6 Å². The van der Waals surface area contributed by atoms with Crippen molar-refractivity contribution < 1.29 is 14.4 Å². The van der Waals surface area contributed by atoms with Crippen molar-refractivity contribution in [3.63, 3.8) is 0 Å². The van der Waals surface area contributed by atoms with Crippen LogP contribution in [-0.2, 0) is 22.6 Å². The van der Waals surface area contributed by atoms with Crippen LogP contribution in [0.5, 0.6) is 0 Å². The molecule has 2 aliphatic rings. The van der Waals surface area contributed by atoms with E-state index in [1.54, 1.807) is 11.9 Å². The van der Waals surface area contributed by atoms with Crippen molar-refractivity contribution in [1.82, 2.24) is 15.1 Å². The molecule has 2 aromatic carbocycles. The summed E-state index contributed by atoms with van der Waals surface area (Å²) >= 11 is 12.5. The standard InChI is InChI=1S/C28H34Cl2N4O3/c1-31-27(36)25(9-5-17-35)34-19-23-20(7-4-8-22(23)28(34)37)6-2-3-12-32-13-15-33(16-14-32)26-18-21(29)10-11-24(26)30/h4,7-8,10-11,17-18,25H,2-3,5-6,9,12-16,19H2,1H3,(H,31,36). The second-order valence-electron chi connectivity index (χ2n) is 9.63. The molecule has 7 nitrogen and oxygen atoms in total. The maximum Gasteiger partial charge on any atom is 0.255 e. The number of rotatable bonds is 11. The number of unbranched alkanes of at least 4 members (excludes halogenated alkanes) is 1. The van der Waals surface area contributed by atoms with Gasteiger partial charge in [0.25, 0.3) is 5.91 Å². The molecule has 2 aliphatic heterocycles. The van der Waals surface area contributed by atoms with Crippen LogP contribution in [0.2, 0.25) is 10.0 Å². The van der Waals surface area contributed by atoms with Crippen LogP contribution >= 0.6 is 23.2 Å². The van der Waals surface area contributed by atoms with Crippen LogP contribution in [0.25, 0.3) is 0 Å². The highest BCUT2D eigenvalue weighted by Crippen LogP contribution is 2.31. The van der Waals surface area contributed by atoms with Gasteiger partial charge in [0, 0.05) is 56.8 Å². The molecular formula is C28H34Cl2N4O3. The number of aldehydes is 1. The topological polar surface area (TPSA) is 73.0 Å². The summed E-state index contributed by atoms with van der Waals surface area (Å²) in [5.74, 6) is -0.365. The molecule has 198 valence electrons. The molecule has 0 aliphatic carbocycles. The van der Waals surface area contributed by atoms with Gasteiger partial charge < -0.3 is 19.9 Å². The van der Waals surface area contributed by atoms with E-state index in [-0.39, 0.29) is 18.2 Å². The van der Waals surface area contributed by atoms with Crippen molar-refractivity contribution in [2.24, 2.45) is 0 Å². The molecule has 0 bridgehead atoms. The summed E-state index contributed by atoms with van der Waals surface area (Å²) < 4.78 is 0. The zero-order chi connectivity index (χ0) is 26.4. The molecule has 1 fully saturated rings. The Morgan fingerprint density at radius 1 is 1.11 bits per heavy atom. The lowest BCUT2D eigenvalue weighted by Gasteiger charge is -2.36. The third kappa shape index (κ3) is 6.46. The highest BCUT2D eigenvalue weighted by Gasteiger charge is 2.36. The fourth-order valence-corrected chi connectivity index (χ4v) is 5.72. The lowest BCUT2D eigenvalue weighted by atomic mass is 9.98. The number of fused-ring (bicyclic) bond motifs is 1. The van der Waals surface area contributed by atoms with E-state index < -0.39 is 6.04 Å². The van der Waals surface area contributed by atoms with Crippen molar-refractivity contribution in [3.8, 4) is 0 Å². The molecule has 0 radical (unpaired) electrons. The average Bonchev–Trinajstić information content (AvgIpc) is 3.25. The van der Waals surface area contributed by atoms with Gasteiger partial charge in [-0.1, -0.05) is 35.3 Å². The molecule has 9 heteroatoms. The number of piperazine rings is 1. The maximum atomic E-state index is 13.1. The lowest BCUT2D eigenvalue weighted by molar-refractivity contribution is -0.125. The Bertz CT molecular complexity index is 1130. The number of halogens is 2. The van der Waals surface area contributed by atoms with Gasteiger partial charge in [-0.3, -0.25) is 14.5 Å². The minimum absolute atomic E-state index is 0.131. The van der Waals surface area contributed by atoms with Crippen molar-refractivity contribution in [1.29, 1.82) is 0 Å². The van der Waals surface area contributed by atoms with Gasteiger partial charge in [0.05, 0.1) is 10.7 Å². The van der Waals surface area contributed by atoms with Gasteiger partial charge in [0.15, 0.2) is 0 Å². The Labute approximate surface area is 228 Å². The van der Waals surface area contributed by atoms with Crippen molar-refractivity contribution in [2.45, 2.75) is 44.7 Å². The minimum Gasteiger partial charge on any atom is -0.368 e. The third-order valence-electron chi connectivity index (χ3n) is 7.37. The number of hydrogen-bond acceptors (Lipinski definition) is 5. The van der Waals surface area contributed by atoms with Gasteiger partial charge in [-0.2, -0.15) is 0 Å². The van der Waals surface area contributed by atoms with E-state index in [0.717, 1.165) is 74.5 Å². The summed E-state index contributed by atoms with van der Waals surface area (Å²) in [6.07, 6.45) is 4.34. The largest absolute Gasteiger partial charge is 0.368 e. The number of carbonyl (C=O) groups excluding carboxylic acids is 3. The first-order chi connectivity index (χ1) is 17.9. The number of anilines is 1. The number of nitrogens with zero attached hydrogens (tertiary/aromatic N) is 3. The van der Waals surface area contributed by atoms with Crippen LogP contribution < -0.4 is 10.2 Å². The fourth-order valence-electron chi connectivity index (χ4n) is 5.32. The summed E-state index contributed by atoms with van der Waals surface area (Å²) in [5, 5.41) is 4.06. The monoisotopic (exact) mass is 544 g/mol. The van der Waals surface area contributed by atoms with Crippen LogP contribution in [0, 0.1) is 0 Å². The molecule has 37 heavy (non-hydrogen) atoms. The summed E-state index contributed by atoms with van der Waals surface area (Å²) in [6, 6.07) is 10.8. The number of nitrogens with one attached hydrogen (secondary N) is 1. The first-order valence-electron chi connectivity index (χ1n) is 12.9. The summed E-state index contributed by atoms with van der Waals surface area (Å²) in [4.78, 5) is 42.8. The number of likely N-dealkylation sites (N-methyl/N-ethyl adjacent to an activating group) is 1. The zero-order valence-corrected chi connectivity index (χ0v) is 22.7. The second-order valence-corrected chi connectivity index (χ2v) is 10.5.